The molecule has 86 valence electrons. The predicted molar refractivity (Wildman–Crippen MR) is 54.7 cm³/mol. The van der Waals surface area contributed by atoms with Crippen LogP contribution in [0.1, 0.15) is 17.3 Å². The van der Waals surface area contributed by atoms with Crippen LogP contribution >= 0.6 is 0 Å². The summed E-state index contributed by atoms with van der Waals surface area (Å²) >= 11 is 0. The van der Waals surface area contributed by atoms with Gasteiger partial charge < -0.3 is 14.3 Å². The van der Waals surface area contributed by atoms with E-state index in [1.54, 1.807) is 9.80 Å². The monoisotopic (exact) mass is 223 g/mol. The molecular formula is C10H13N3O3. The number of amides is 2. The molecule has 1 saturated heterocycles. The van der Waals surface area contributed by atoms with E-state index in [2.05, 4.69) is 9.68 Å². The number of hydrogen-bond acceptors (Lipinski definition) is 4. The summed E-state index contributed by atoms with van der Waals surface area (Å²) < 4.78 is 4.62. The molecule has 2 heterocycles. The topological polar surface area (TPSA) is 66.7 Å². The average Bonchev–Trinajstić information content (AvgIpc) is 2.81. The number of aromatic nitrogens is 1. The third-order valence-corrected chi connectivity index (χ3v) is 2.69. The van der Waals surface area contributed by atoms with Crippen molar-refractivity contribution in [1.82, 2.24) is 15.0 Å². The molecule has 1 aliphatic heterocycles. The van der Waals surface area contributed by atoms with Gasteiger partial charge in [-0.2, -0.15) is 0 Å². The number of nitrogens with zero attached hydrogens (tertiary/aromatic N) is 3. The van der Waals surface area contributed by atoms with E-state index in [1.807, 2.05) is 0 Å². The van der Waals surface area contributed by atoms with Gasteiger partial charge in [-0.05, 0) is 0 Å². The fourth-order valence-corrected chi connectivity index (χ4v) is 1.72. The van der Waals surface area contributed by atoms with Gasteiger partial charge in [0.2, 0.25) is 5.91 Å². The van der Waals surface area contributed by atoms with Crippen LogP contribution in [0.2, 0.25) is 0 Å². The summed E-state index contributed by atoms with van der Waals surface area (Å²) in [4.78, 5) is 26.4. The number of carbonyl (C=O) groups excluding carboxylic acids is 2. The molecule has 16 heavy (non-hydrogen) atoms. The smallest absolute Gasteiger partial charge is 0.258 e. The van der Waals surface area contributed by atoms with E-state index in [0.29, 0.717) is 31.7 Å². The molecule has 2 rings (SSSR count). The molecule has 0 N–H and O–H groups in total. The molecule has 0 bridgehead atoms. The van der Waals surface area contributed by atoms with Crippen LogP contribution in [0.5, 0.6) is 0 Å². The predicted octanol–water partition coefficient (Wildman–Crippen LogP) is -0.0211. The highest BCUT2D eigenvalue weighted by molar-refractivity contribution is 5.93. The number of piperazine rings is 1. The Kier molecular flexibility index (Phi) is 2.89. The molecule has 6 heteroatoms. The second-order valence-corrected chi connectivity index (χ2v) is 3.71. The van der Waals surface area contributed by atoms with Crippen LogP contribution in [-0.4, -0.2) is 52.9 Å². The molecule has 0 saturated carbocycles. The fraction of sp³-hybridized carbons (Fsp3) is 0.500. The molecule has 1 aromatic heterocycles. The Balaban J connectivity index is 1.94. The summed E-state index contributed by atoms with van der Waals surface area (Å²) in [6.45, 7) is 3.84. The van der Waals surface area contributed by atoms with Crippen LogP contribution in [0.3, 0.4) is 0 Å². The van der Waals surface area contributed by atoms with Crippen molar-refractivity contribution < 1.29 is 14.1 Å². The summed E-state index contributed by atoms with van der Waals surface area (Å²) in [5.41, 5.74) is 0.455. The minimum Gasteiger partial charge on any atom is -0.364 e. The van der Waals surface area contributed by atoms with Gasteiger partial charge in [0, 0.05) is 33.1 Å². The van der Waals surface area contributed by atoms with E-state index in [1.165, 1.54) is 19.4 Å². The van der Waals surface area contributed by atoms with Crippen LogP contribution in [0.4, 0.5) is 0 Å². The molecule has 6 nitrogen and oxygen atoms in total. The summed E-state index contributed by atoms with van der Waals surface area (Å²) in [7, 11) is 0. The van der Waals surface area contributed by atoms with Crippen molar-refractivity contribution in [2.45, 2.75) is 6.92 Å². The summed E-state index contributed by atoms with van der Waals surface area (Å²) in [5.74, 6) is -0.0403. The summed E-state index contributed by atoms with van der Waals surface area (Å²) in [6, 6.07) is 0. The zero-order valence-electron chi connectivity index (χ0n) is 9.05. The molecule has 1 aliphatic rings. The second kappa shape index (κ2) is 4.34. The molecule has 0 aliphatic carbocycles. The van der Waals surface area contributed by atoms with Crippen molar-refractivity contribution in [3.63, 3.8) is 0 Å². The van der Waals surface area contributed by atoms with Crippen molar-refractivity contribution in [2.75, 3.05) is 26.2 Å². The molecule has 1 fully saturated rings. The van der Waals surface area contributed by atoms with E-state index in [-0.39, 0.29) is 11.8 Å². The SMILES string of the molecule is CC(=O)N1CCN(C(=O)c2cnoc2)CC1. The molecule has 0 radical (unpaired) electrons. The first-order valence-electron chi connectivity index (χ1n) is 5.12. The fourth-order valence-electron chi connectivity index (χ4n) is 1.72. The maximum Gasteiger partial charge on any atom is 0.258 e. The standard InChI is InChI=1S/C10H13N3O3/c1-8(14)12-2-4-13(5-3-12)10(15)9-6-11-16-7-9/h6-7H,2-5H2,1H3. The third kappa shape index (κ3) is 2.05. The lowest BCUT2D eigenvalue weighted by Crippen LogP contribution is -2.50. The Morgan fingerprint density at radius 3 is 2.38 bits per heavy atom. The van der Waals surface area contributed by atoms with E-state index >= 15 is 0 Å². The van der Waals surface area contributed by atoms with Gasteiger partial charge in [0.25, 0.3) is 5.91 Å². The minimum absolute atomic E-state index is 0.0528. The van der Waals surface area contributed by atoms with Gasteiger partial charge in [-0.1, -0.05) is 5.16 Å². The molecule has 0 aromatic carbocycles. The second-order valence-electron chi connectivity index (χ2n) is 3.71. The van der Waals surface area contributed by atoms with Crippen molar-refractivity contribution in [1.29, 1.82) is 0 Å². The highest BCUT2D eigenvalue weighted by Crippen LogP contribution is 2.08. The van der Waals surface area contributed by atoms with Crippen molar-refractivity contribution in [2.24, 2.45) is 0 Å². The summed E-state index contributed by atoms with van der Waals surface area (Å²) in [6.07, 6.45) is 2.74. The highest BCUT2D eigenvalue weighted by atomic mass is 16.5. The lowest BCUT2D eigenvalue weighted by Gasteiger charge is -2.33. The van der Waals surface area contributed by atoms with Gasteiger partial charge in [0.05, 0.1) is 11.8 Å². The molecule has 1 aromatic rings. The molecular weight excluding hydrogens is 210 g/mol. The molecule has 0 spiro atoms. The first-order chi connectivity index (χ1) is 7.68. The third-order valence-electron chi connectivity index (χ3n) is 2.69. The van der Waals surface area contributed by atoms with Crippen LogP contribution < -0.4 is 0 Å². The Morgan fingerprint density at radius 1 is 1.25 bits per heavy atom. The zero-order valence-corrected chi connectivity index (χ0v) is 9.05. The van der Waals surface area contributed by atoms with Gasteiger partial charge in [0.1, 0.15) is 6.26 Å². The minimum atomic E-state index is -0.0931. The lowest BCUT2D eigenvalue weighted by atomic mass is 10.2. The lowest BCUT2D eigenvalue weighted by molar-refractivity contribution is -0.130. The van der Waals surface area contributed by atoms with Gasteiger partial charge in [-0.15, -0.1) is 0 Å². The number of hydrogen-bond donors (Lipinski definition) is 0. The molecule has 2 amide bonds. The van der Waals surface area contributed by atoms with Gasteiger partial charge in [0.15, 0.2) is 0 Å². The van der Waals surface area contributed by atoms with Crippen LogP contribution in [0.15, 0.2) is 17.0 Å². The average molecular weight is 223 g/mol. The van der Waals surface area contributed by atoms with Crippen molar-refractivity contribution in [3.05, 3.63) is 18.0 Å². The maximum absolute atomic E-state index is 11.9. The van der Waals surface area contributed by atoms with E-state index < -0.39 is 0 Å². The van der Waals surface area contributed by atoms with Crippen LogP contribution in [0.25, 0.3) is 0 Å². The quantitative estimate of drug-likeness (QED) is 0.671. The Labute approximate surface area is 92.8 Å². The van der Waals surface area contributed by atoms with E-state index in [9.17, 15) is 9.59 Å². The van der Waals surface area contributed by atoms with E-state index in [0.717, 1.165) is 0 Å². The number of carbonyl (C=O) groups is 2. The number of rotatable bonds is 1. The molecule has 0 unspecified atom stereocenters. The Morgan fingerprint density at radius 2 is 1.88 bits per heavy atom. The van der Waals surface area contributed by atoms with E-state index in [4.69, 9.17) is 0 Å². The van der Waals surface area contributed by atoms with Gasteiger partial charge in [-0.25, -0.2) is 0 Å². The van der Waals surface area contributed by atoms with Crippen LogP contribution in [0, 0.1) is 0 Å². The Hall–Kier alpha value is -1.85. The van der Waals surface area contributed by atoms with Crippen molar-refractivity contribution in [3.8, 4) is 0 Å². The largest absolute Gasteiger partial charge is 0.364 e. The molecule has 0 atom stereocenters. The van der Waals surface area contributed by atoms with Crippen LogP contribution in [-0.2, 0) is 4.79 Å². The van der Waals surface area contributed by atoms with Gasteiger partial charge in [-0.3, -0.25) is 9.59 Å². The first-order valence-corrected chi connectivity index (χ1v) is 5.12. The summed E-state index contributed by atoms with van der Waals surface area (Å²) in [5, 5.41) is 3.49. The normalized spacial score (nSPS) is 16.3. The highest BCUT2D eigenvalue weighted by Gasteiger charge is 2.23. The van der Waals surface area contributed by atoms with Gasteiger partial charge >= 0.3 is 0 Å². The zero-order chi connectivity index (χ0) is 11.5. The maximum atomic E-state index is 11.9. The van der Waals surface area contributed by atoms with Crippen molar-refractivity contribution >= 4 is 11.8 Å². The first kappa shape index (κ1) is 10.7. The Bertz CT molecular complexity index is 380.